The highest BCUT2D eigenvalue weighted by atomic mass is 127. The molecule has 0 saturated heterocycles. The standard InChI is InChI=1S/C7H5INO/c8-7-3-5-1-2-9-4-6(5)10-7/h1-4,8H/q+1. The molecule has 0 fully saturated rings. The Morgan fingerprint density at radius 3 is 3.20 bits per heavy atom. The number of rotatable bonds is 0. The molecule has 0 spiro atoms. The second-order valence-corrected chi connectivity index (χ2v) is 3.13. The summed E-state index contributed by atoms with van der Waals surface area (Å²) in [7, 11) is 0. The Hall–Kier alpha value is -0.580. The average Bonchev–Trinajstić information content (AvgIpc) is 2.27. The molecule has 0 aliphatic heterocycles. The molecule has 2 heterocycles. The lowest BCUT2D eigenvalue weighted by Crippen LogP contribution is -3.34. The van der Waals surface area contributed by atoms with Gasteiger partial charge in [-0.15, -0.1) is 0 Å². The van der Waals surface area contributed by atoms with Crippen molar-refractivity contribution in [3.05, 3.63) is 28.3 Å². The van der Waals surface area contributed by atoms with E-state index in [0.29, 0.717) is 0 Å². The fraction of sp³-hybridized carbons (Fsp3) is 0. The lowest BCUT2D eigenvalue weighted by atomic mass is 10.3. The summed E-state index contributed by atoms with van der Waals surface area (Å²) in [6.07, 6.45) is 3.49. The summed E-state index contributed by atoms with van der Waals surface area (Å²) in [6, 6.07) is 3.94. The number of fused-ring (bicyclic) bond motifs is 1. The quantitative estimate of drug-likeness (QED) is 0.517. The molecule has 0 bridgehead atoms. The molecule has 0 radical (unpaired) electrons. The molecule has 2 nitrogen and oxygen atoms in total. The van der Waals surface area contributed by atoms with Gasteiger partial charge in [-0.3, -0.25) is 4.98 Å². The fourth-order valence-electron chi connectivity index (χ4n) is 0.860. The molecule has 0 aliphatic rings. The van der Waals surface area contributed by atoms with Crippen molar-refractivity contribution < 1.29 is 27.0 Å². The number of halogens is 1. The van der Waals surface area contributed by atoms with E-state index in [1.807, 2.05) is 34.7 Å². The van der Waals surface area contributed by atoms with Crippen molar-refractivity contribution in [2.24, 2.45) is 0 Å². The molecule has 0 saturated carbocycles. The summed E-state index contributed by atoms with van der Waals surface area (Å²) in [4.78, 5) is 3.93. The van der Waals surface area contributed by atoms with E-state index >= 15 is 0 Å². The highest BCUT2D eigenvalue weighted by Crippen LogP contribution is 2.11. The van der Waals surface area contributed by atoms with E-state index in [4.69, 9.17) is 4.42 Å². The number of aromatic nitrogens is 1. The largest absolute Gasteiger partial charge is 0.417 e. The smallest absolute Gasteiger partial charge is 0.343 e. The first-order chi connectivity index (χ1) is 4.86. The Balaban J connectivity index is 2.88. The van der Waals surface area contributed by atoms with Crippen molar-refractivity contribution >= 4 is 11.0 Å². The van der Waals surface area contributed by atoms with Crippen LogP contribution in [0.2, 0.25) is 0 Å². The van der Waals surface area contributed by atoms with E-state index in [9.17, 15) is 0 Å². The summed E-state index contributed by atoms with van der Waals surface area (Å²) in [5.41, 5.74) is 0.864. The van der Waals surface area contributed by atoms with Crippen LogP contribution in [0.5, 0.6) is 0 Å². The van der Waals surface area contributed by atoms with Gasteiger partial charge in [0.25, 0.3) is 0 Å². The third-order valence-electron chi connectivity index (χ3n) is 1.30. The van der Waals surface area contributed by atoms with Crippen LogP contribution in [0.1, 0.15) is 0 Å². The van der Waals surface area contributed by atoms with Gasteiger partial charge in [0.2, 0.25) is 0 Å². The Labute approximate surface area is 71.4 Å². The number of hydrogen-bond donors (Lipinski definition) is 0. The van der Waals surface area contributed by atoms with Gasteiger partial charge in [-0.05, 0) is 6.07 Å². The van der Waals surface area contributed by atoms with Crippen molar-refractivity contribution in [3.63, 3.8) is 0 Å². The minimum atomic E-state index is 0.864. The SMILES string of the molecule is [IH+]c1cc2ccncc2o1. The van der Waals surface area contributed by atoms with Crippen LogP contribution in [0.15, 0.2) is 28.9 Å². The Kier molecular flexibility index (Phi) is 1.37. The zero-order valence-electron chi connectivity index (χ0n) is 5.07. The first kappa shape index (κ1) is 6.15. The van der Waals surface area contributed by atoms with E-state index in [0.717, 1.165) is 14.7 Å². The van der Waals surface area contributed by atoms with Gasteiger partial charge in [0.05, 0.1) is 6.20 Å². The van der Waals surface area contributed by atoms with Crippen molar-refractivity contribution in [2.75, 3.05) is 0 Å². The topological polar surface area (TPSA) is 26.0 Å². The lowest BCUT2D eigenvalue weighted by Gasteiger charge is -1.80. The van der Waals surface area contributed by atoms with Gasteiger partial charge in [0, 0.05) is 17.6 Å². The van der Waals surface area contributed by atoms with Crippen molar-refractivity contribution in [1.29, 1.82) is 0 Å². The maximum Gasteiger partial charge on any atom is 0.343 e. The molecule has 10 heavy (non-hydrogen) atoms. The minimum absolute atomic E-state index is 0.864. The summed E-state index contributed by atoms with van der Waals surface area (Å²) >= 11 is 1.86. The average molecular weight is 246 g/mol. The molecular formula is C7H5INO+. The maximum atomic E-state index is 5.31. The predicted octanol–water partition coefficient (Wildman–Crippen LogP) is -1.72. The third-order valence-corrected chi connectivity index (χ3v) is 1.87. The predicted molar refractivity (Wildman–Crippen MR) is 34.1 cm³/mol. The molecule has 2 aromatic heterocycles. The van der Waals surface area contributed by atoms with Crippen LogP contribution in [0.4, 0.5) is 0 Å². The van der Waals surface area contributed by atoms with E-state index in [-0.39, 0.29) is 0 Å². The second-order valence-electron chi connectivity index (χ2n) is 1.98. The molecule has 0 unspecified atom stereocenters. The molecule has 0 N–H and O–H groups in total. The van der Waals surface area contributed by atoms with Gasteiger partial charge < -0.3 is 4.42 Å². The lowest BCUT2D eigenvalue weighted by molar-refractivity contribution is -0.361. The van der Waals surface area contributed by atoms with Gasteiger partial charge in [0.15, 0.2) is 5.58 Å². The van der Waals surface area contributed by atoms with Crippen LogP contribution in [-0.4, -0.2) is 4.98 Å². The zero-order chi connectivity index (χ0) is 6.97. The fourth-order valence-corrected chi connectivity index (χ4v) is 1.48. The minimum Gasteiger partial charge on any atom is -0.417 e. The Bertz CT molecular complexity index is 322. The first-order valence-corrected chi connectivity index (χ1v) is 4.03. The van der Waals surface area contributed by atoms with Gasteiger partial charge in [-0.25, -0.2) is 0 Å². The van der Waals surface area contributed by atoms with Crippen molar-refractivity contribution in [3.8, 4) is 0 Å². The molecule has 50 valence electrons. The molecule has 0 atom stereocenters. The zero-order valence-corrected chi connectivity index (χ0v) is 7.40. The number of nitrogens with zero attached hydrogens (tertiary/aromatic N) is 1. The normalized spacial score (nSPS) is 10.5. The molecular weight excluding hydrogens is 241 g/mol. The molecule has 0 amide bonds. The van der Waals surface area contributed by atoms with Crippen LogP contribution in [0.25, 0.3) is 11.0 Å². The number of furan rings is 1. The van der Waals surface area contributed by atoms with Gasteiger partial charge >= 0.3 is 26.4 Å². The second kappa shape index (κ2) is 2.23. The highest BCUT2D eigenvalue weighted by molar-refractivity contribution is 5.75. The van der Waals surface area contributed by atoms with Crippen molar-refractivity contribution in [2.45, 2.75) is 0 Å². The van der Waals surface area contributed by atoms with E-state index < -0.39 is 0 Å². The highest BCUT2D eigenvalue weighted by Gasteiger charge is 2.04. The van der Waals surface area contributed by atoms with E-state index in [1.54, 1.807) is 12.4 Å². The monoisotopic (exact) mass is 246 g/mol. The molecule has 0 aliphatic carbocycles. The summed E-state index contributed by atoms with van der Waals surface area (Å²) in [5.74, 6) is 0. The number of pyridine rings is 1. The Morgan fingerprint density at radius 2 is 2.40 bits per heavy atom. The Morgan fingerprint density at radius 1 is 1.50 bits per heavy atom. The summed E-state index contributed by atoms with van der Waals surface area (Å²) in [6.45, 7) is 0. The van der Waals surface area contributed by atoms with Gasteiger partial charge in [-0.1, -0.05) is 0 Å². The van der Waals surface area contributed by atoms with Crippen molar-refractivity contribution in [1.82, 2.24) is 4.98 Å². The molecule has 2 rings (SSSR count). The van der Waals surface area contributed by atoms with Crippen LogP contribution < -0.4 is 22.6 Å². The molecule has 0 aromatic carbocycles. The molecule has 2 aromatic rings. The summed E-state index contributed by atoms with van der Waals surface area (Å²) < 4.78 is 6.25. The maximum absolute atomic E-state index is 5.31. The van der Waals surface area contributed by atoms with Crippen LogP contribution in [0, 0.1) is 3.77 Å². The van der Waals surface area contributed by atoms with Crippen LogP contribution >= 0.6 is 0 Å². The third kappa shape index (κ3) is 0.901. The van der Waals surface area contributed by atoms with Crippen LogP contribution in [-0.2, 0) is 0 Å². The first-order valence-electron chi connectivity index (χ1n) is 2.87. The van der Waals surface area contributed by atoms with Gasteiger partial charge in [0.1, 0.15) is 0 Å². The van der Waals surface area contributed by atoms with E-state index in [2.05, 4.69) is 4.98 Å². The van der Waals surface area contributed by atoms with Crippen LogP contribution in [0.3, 0.4) is 0 Å². The summed E-state index contributed by atoms with van der Waals surface area (Å²) in [5, 5.41) is 1.12. The van der Waals surface area contributed by atoms with E-state index in [1.165, 1.54) is 0 Å². The number of hydrogen-bond acceptors (Lipinski definition) is 2. The van der Waals surface area contributed by atoms with Gasteiger partial charge in [-0.2, -0.15) is 0 Å². The molecule has 3 heteroatoms.